The summed E-state index contributed by atoms with van der Waals surface area (Å²) >= 11 is 0. The fourth-order valence-electron chi connectivity index (χ4n) is 5.90. The van der Waals surface area contributed by atoms with Crippen molar-refractivity contribution in [3.05, 3.63) is 0 Å². The van der Waals surface area contributed by atoms with E-state index in [9.17, 15) is 19.8 Å². The van der Waals surface area contributed by atoms with E-state index >= 15 is 0 Å². The molecular weight excluding hydrogens is 564 g/mol. The molecule has 0 aliphatic carbocycles. The third-order valence-corrected chi connectivity index (χ3v) is 8.93. The molecule has 0 heterocycles. The number of aliphatic hydroxyl groups excluding tert-OH is 2. The molecule has 6 nitrogen and oxygen atoms in total. The summed E-state index contributed by atoms with van der Waals surface area (Å²) < 4.78 is 10.6. The summed E-state index contributed by atoms with van der Waals surface area (Å²) in [6, 6.07) is 0. The van der Waals surface area contributed by atoms with Crippen molar-refractivity contribution in [2.24, 2.45) is 0 Å². The molecule has 45 heavy (non-hydrogen) atoms. The summed E-state index contributed by atoms with van der Waals surface area (Å²) in [5.41, 5.74) is 0. The number of carbonyl (C=O) groups excluding carboxylic acids is 2. The van der Waals surface area contributed by atoms with Gasteiger partial charge in [-0.15, -0.1) is 0 Å². The third-order valence-electron chi connectivity index (χ3n) is 8.93. The summed E-state index contributed by atoms with van der Waals surface area (Å²) in [5, 5.41) is 20.2. The Kier molecular flexibility index (Phi) is 34.8. The van der Waals surface area contributed by atoms with Gasteiger partial charge in [0.1, 0.15) is 0 Å². The molecule has 0 aromatic heterocycles. The zero-order valence-corrected chi connectivity index (χ0v) is 30.0. The lowest BCUT2D eigenvalue weighted by Crippen LogP contribution is -2.10. The number of hydrogen-bond donors (Lipinski definition) is 2. The molecule has 0 aromatic rings. The second-order valence-electron chi connectivity index (χ2n) is 13.5. The quantitative estimate of drug-likeness (QED) is 0.0523. The van der Waals surface area contributed by atoms with Crippen molar-refractivity contribution in [3.63, 3.8) is 0 Å². The highest BCUT2D eigenvalue weighted by atomic mass is 16.5. The van der Waals surface area contributed by atoms with E-state index in [4.69, 9.17) is 9.47 Å². The van der Waals surface area contributed by atoms with Crippen LogP contribution in [0.5, 0.6) is 0 Å². The maximum atomic E-state index is 11.9. The van der Waals surface area contributed by atoms with Crippen LogP contribution in [-0.2, 0) is 19.1 Å². The predicted octanol–water partition coefficient (Wildman–Crippen LogP) is 10.9. The Morgan fingerprint density at radius 3 is 0.978 bits per heavy atom. The van der Waals surface area contributed by atoms with Crippen molar-refractivity contribution in [1.82, 2.24) is 0 Å². The molecule has 0 radical (unpaired) electrons. The number of rotatable bonds is 36. The molecule has 268 valence electrons. The largest absolute Gasteiger partial charge is 0.466 e. The first-order valence-electron chi connectivity index (χ1n) is 19.7. The van der Waals surface area contributed by atoms with Crippen LogP contribution in [-0.4, -0.2) is 47.6 Å². The van der Waals surface area contributed by atoms with E-state index in [1.54, 1.807) is 0 Å². The average molecular weight is 641 g/mol. The van der Waals surface area contributed by atoms with Gasteiger partial charge in [-0.05, 0) is 38.5 Å². The van der Waals surface area contributed by atoms with Crippen molar-refractivity contribution < 1.29 is 29.3 Å². The molecule has 0 amide bonds. The Morgan fingerprint density at radius 1 is 0.400 bits per heavy atom. The van der Waals surface area contributed by atoms with Crippen molar-refractivity contribution in [2.45, 2.75) is 225 Å². The van der Waals surface area contributed by atoms with Crippen LogP contribution >= 0.6 is 0 Å². The molecule has 0 fully saturated rings. The number of aliphatic hydroxyl groups is 2. The molecular formula is C39H76O6. The Labute approximate surface area is 279 Å². The Balaban J connectivity index is 3.37. The summed E-state index contributed by atoms with van der Waals surface area (Å²) in [5.74, 6) is -0.321. The maximum absolute atomic E-state index is 11.9. The fourth-order valence-corrected chi connectivity index (χ4v) is 5.90. The van der Waals surface area contributed by atoms with Crippen molar-refractivity contribution >= 4 is 11.9 Å². The van der Waals surface area contributed by atoms with Gasteiger partial charge in [0.25, 0.3) is 0 Å². The standard InChI is InChI=1S/C39H76O6/c1-3-5-7-9-15-21-28-36(40)30-23-17-11-13-19-25-32-38(42)44-34-27-35-45-39(43)33-26-20-14-12-18-24-31-37(41)29-22-16-10-8-6-4-2/h36-37,40-41H,3-35H2,1-2H3. The van der Waals surface area contributed by atoms with Gasteiger partial charge in [0.15, 0.2) is 0 Å². The smallest absolute Gasteiger partial charge is 0.305 e. The summed E-state index contributed by atoms with van der Waals surface area (Å²) in [6.45, 7) is 5.09. The van der Waals surface area contributed by atoms with Gasteiger partial charge in [0.05, 0.1) is 25.4 Å². The van der Waals surface area contributed by atoms with Crippen LogP contribution in [0.4, 0.5) is 0 Å². The normalized spacial score (nSPS) is 12.7. The highest BCUT2D eigenvalue weighted by Crippen LogP contribution is 2.16. The second-order valence-corrected chi connectivity index (χ2v) is 13.5. The van der Waals surface area contributed by atoms with E-state index in [0.717, 1.165) is 116 Å². The third kappa shape index (κ3) is 35.6. The summed E-state index contributed by atoms with van der Waals surface area (Å²) in [6.07, 6.45) is 33.1. The van der Waals surface area contributed by atoms with Crippen molar-refractivity contribution in [3.8, 4) is 0 Å². The van der Waals surface area contributed by atoms with Crippen LogP contribution in [0.25, 0.3) is 0 Å². The first kappa shape index (κ1) is 43.9. The zero-order valence-electron chi connectivity index (χ0n) is 30.0. The number of esters is 2. The van der Waals surface area contributed by atoms with Gasteiger partial charge in [-0.25, -0.2) is 0 Å². The van der Waals surface area contributed by atoms with Gasteiger partial charge in [-0.2, -0.15) is 0 Å². The number of carbonyl (C=O) groups is 2. The maximum Gasteiger partial charge on any atom is 0.305 e. The monoisotopic (exact) mass is 641 g/mol. The van der Waals surface area contributed by atoms with Gasteiger partial charge >= 0.3 is 11.9 Å². The Hall–Kier alpha value is -1.14. The molecule has 0 aliphatic heterocycles. The van der Waals surface area contributed by atoms with E-state index in [1.807, 2.05) is 0 Å². The number of hydrogen-bond acceptors (Lipinski definition) is 6. The van der Waals surface area contributed by atoms with Crippen LogP contribution in [0.2, 0.25) is 0 Å². The highest BCUT2D eigenvalue weighted by molar-refractivity contribution is 5.69. The van der Waals surface area contributed by atoms with E-state index in [1.165, 1.54) is 64.2 Å². The molecule has 0 saturated carbocycles. The number of unbranched alkanes of at least 4 members (excludes halogenated alkanes) is 20. The van der Waals surface area contributed by atoms with Crippen LogP contribution in [0.1, 0.15) is 213 Å². The van der Waals surface area contributed by atoms with Crippen LogP contribution in [0.3, 0.4) is 0 Å². The van der Waals surface area contributed by atoms with Gasteiger partial charge in [0, 0.05) is 19.3 Å². The van der Waals surface area contributed by atoms with Gasteiger partial charge in [-0.1, -0.05) is 155 Å². The number of ether oxygens (including phenoxy) is 2. The van der Waals surface area contributed by atoms with Crippen LogP contribution in [0, 0.1) is 0 Å². The first-order chi connectivity index (χ1) is 22.0. The van der Waals surface area contributed by atoms with E-state index in [-0.39, 0.29) is 24.1 Å². The lowest BCUT2D eigenvalue weighted by molar-refractivity contribution is -0.146. The van der Waals surface area contributed by atoms with Gasteiger partial charge in [-0.3, -0.25) is 9.59 Å². The average Bonchev–Trinajstić information content (AvgIpc) is 3.02. The fraction of sp³-hybridized carbons (Fsp3) is 0.949. The Bertz CT molecular complexity index is 573. The van der Waals surface area contributed by atoms with Crippen molar-refractivity contribution in [1.29, 1.82) is 0 Å². The minimum atomic E-state index is -0.161. The summed E-state index contributed by atoms with van der Waals surface area (Å²) in [7, 11) is 0. The predicted molar refractivity (Wildman–Crippen MR) is 188 cm³/mol. The molecule has 0 aromatic carbocycles. The highest BCUT2D eigenvalue weighted by Gasteiger charge is 2.07. The van der Waals surface area contributed by atoms with E-state index in [2.05, 4.69) is 13.8 Å². The van der Waals surface area contributed by atoms with Gasteiger partial charge < -0.3 is 19.7 Å². The lowest BCUT2D eigenvalue weighted by atomic mass is 10.0. The summed E-state index contributed by atoms with van der Waals surface area (Å²) in [4.78, 5) is 23.8. The lowest BCUT2D eigenvalue weighted by Gasteiger charge is -2.10. The minimum Gasteiger partial charge on any atom is -0.466 e. The molecule has 0 aliphatic rings. The first-order valence-corrected chi connectivity index (χ1v) is 19.7. The molecule has 2 atom stereocenters. The van der Waals surface area contributed by atoms with Crippen LogP contribution < -0.4 is 0 Å². The van der Waals surface area contributed by atoms with E-state index in [0.29, 0.717) is 32.5 Å². The SMILES string of the molecule is CCCCCCCCC(O)CCCCCCCCC(=O)OCCCOC(=O)CCCCCCCCC(O)CCCCCCCC. The molecule has 2 N–H and O–H groups in total. The molecule has 0 spiro atoms. The molecule has 6 heteroatoms. The molecule has 0 rings (SSSR count). The molecule has 0 bridgehead atoms. The molecule has 0 saturated heterocycles. The van der Waals surface area contributed by atoms with Crippen LogP contribution in [0.15, 0.2) is 0 Å². The van der Waals surface area contributed by atoms with Crippen molar-refractivity contribution in [2.75, 3.05) is 13.2 Å². The Morgan fingerprint density at radius 2 is 0.667 bits per heavy atom. The van der Waals surface area contributed by atoms with Gasteiger partial charge in [0.2, 0.25) is 0 Å². The zero-order chi connectivity index (χ0) is 33.1. The van der Waals surface area contributed by atoms with E-state index < -0.39 is 0 Å². The second kappa shape index (κ2) is 35.7. The molecule has 2 unspecified atom stereocenters. The minimum absolute atomic E-state index is 0.133. The topological polar surface area (TPSA) is 93.1 Å².